The smallest absolute Gasteiger partial charge is 0.0437 e. The summed E-state index contributed by atoms with van der Waals surface area (Å²) in [7, 11) is 0. The van der Waals surface area contributed by atoms with E-state index in [0.717, 1.165) is 0 Å². The van der Waals surface area contributed by atoms with Crippen LogP contribution in [0.5, 0.6) is 0 Å². The molecule has 1 heteroatoms. The molecule has 1 heterocycles. The highest BCUT2D eigenvalue weighted by Gasteiger charge is 2.36. The summed E-state index contributed by atoms with van der Waals surface area (Å²) in [5, 5.41) is 1.39. The molecule has 0 atom stereocenters. The largest absolute Gasteiger partial charge is 0.135 e. The van der Waals surface area contributed by atoms with Crippen LogP contribution in [-0.2, 0) is 5.41 Å². The van der Waals surface area contributed by atoms with Gasteiger partial charge in [0.2, 0.25) is 0 Å². The van der Waals surface area contributed by atoms with Crippen molar-refractivity contribution in [3.63, 3.8) is 0 Å². The van der Waals surface area contributed by atoms with E-state index in [4.69, 9.17) is 0 Å². The highest BCUT2D eigenvalue weighted by atomic mass is 32.1. The van der Waals surface area contributed by atoms with Crippen LogP contribution in [0.15, 0.2) is 48.6 Å². The monoisotopic (exact) mass is 342 g/mol. The standard InChI is InChI=1S/C24H22S/c1-23(2)13-11-15-16-9-10-19-21(22(16)25-20(15)12-14-23)17-7-5-6-8-18(17)24(19,3)4/h5-14H,1-4H3. The van der Waals surface area contributed by atoms with Gasteiger partial charge in [-0.25, -0.2) is 0 Å². The molecule has 0 nitrogen and oxygen atoms in total. The van der Waals surface area contributed by atoms with Crippen LogP contribution in [0, 0.1) is 5.41 Å². The van der Waals surface area contributed by atoms with Crippen molar-refractivity contribution in [1.82, 2.24) is 0 Å². The van der Waals surface area contributed by atoms with Crippen LogP contribution in [0.3, 0.4) is 0 Å². The summed E-state index contributed by atoms with van der Waals surface area (Å²) in [4.78, 5) is 1.38. The van der Waals surface area contributed by atoms with Gasteiger partial charge in [0.25, 0.3) is 0 Å². The molecule has 1 aromatic heterocycles. The van der Waals surface area contributed by atoms with E-state index in [-0.39, 0.29) is 10.8 Å². The number of fused-ring (bicyclic) bond motifs is 7. The molecule has 0 N–H and O–H groups in total. The van der Waals surface area contributed by atoms with Crippen LogP contribution in [-0.4, -0.2) is 0 Å². The van der Waals surface area contributed by atoms with Crippen molar-refractivity contribution in [1.29, 1.82) is 0 Å². The topological polar surface area (TPSA) is 0 Å². The van der Waals surface area contributed by atoms with E-state index in [1.807, 2.05) is 11.3 Å². The number of benzene rings is 2. The first-order chi connectivity index (χ1) is 11.9. The molecule has 2 aliphatic rings. The van der Waals surface area contributed by atoms with Crippen molar-refractivity contribution in [2.75, 3.05) is 0 Å². The molecular weight excluding hydrogens is 320 g/mol. The molecule has 0 fully saturated rings. The third-order valence-electron chi connectivity index (χ3n) is 5.81. The Morgan fingerprint density at radius 1 is 0.800 bits per heavy atom. The zero-order chi connectivity index (χ0) is 17.4. The zero-order valence-corrected chi connectivity index (χ0v) is 16.0. The molecule has 0 amide bonds. The molecule has 2 aromatic carbocycles. The van der Waals surface area contributed by atoms with Crippen LogP contribution in [0.25, 0.3) is 33.4 Å². The summed E-state index contributed by atoms with van der Waals surface area (Å²) < 4.78 is 1.44. The molecular formula is C24H22S. The van der Waals surface area contributed by atoms with Crippen LogP contribution in [0.2, 0.25) is 0 Å². The number of thiophene rings is 1. The van der Waals surface area contributed by atoms with Gasteiger partial charge in [0, 0.05) is 36.9 Å². The summed E-state index contributed by atoms with van der Waals surface area (Å²) in [6, 6.07) is 13.6. The minimum Gasteiger partial charge on any atom is -0.135 e. The maximum absolute atomic E-state index is 2.36. The van der Waals surface area contributed by atoms with Crippen molar-refractivity contribution in [3.05, 3.63) is 70.1 Å². The van der Waals surface area contributed by atoms with Gasteiger partial charge >= 0.3 is 0 Å². The van der Waals surface area contributed by atoms with E-state index < -0.39 is 0 Å². The maximum Gasteiger partial charge on any atom is 0.0437 e. The Hall–Kier alpha value is -2.12. The van der Waals surface area contributed by atoms with Gasteiger partial charge in [-0.05, 0) is 22.8 Å². The fourth-order valence-electron chi connectivity index (χ4n) is 4.32. The van der Waals surface area contributed by atoms with Crippen molar-refractivity contribution in [3.8, 4) is 11.1 Å². The fraction of sp³-hybridized carbons (Fsp3) is 0.250. The molecule has 0 aliphatic heterocycles. The molecule has 2 aliphatic carbocycles. The lowest BCUT2D eigenvalue weighted by atomic mass is 9.82. The van der Waals surface area contributed by atoms with Gasteiger partial charge in [-0.2, -0.15) is 0 Å². The van der Waals surface area contributed by atoms with Crippen LogP contribution < -0.4 is 0 Å². The Bertz CT molecular complexity index is 1090. The zero-order valence-electron chi connectivity index (χ0n) is 15.2. The van der Waals surface area contributed by atoms with Crippen LogP contribution in [0.4, 0.5) is 0 Å². The Morgan fingerprint density at radius 3 is 2.40 bits per heavy atom. The van der Waals surface area contributed by atoms with Crippen molar-refractivity contribution in [2.24, 2.45) is 5.41 Å². The second kappa shape index (κ2) is 4.74. The van der Waals surface area contributed by atoms with E-state index in [1.54, 1.807) is 0 Å². The third kappa shape index (κ3) is 1.99. The number of hydrogen-bond donors (Lipinski definition) is 0. The average Bonchev–Trinajstić information content (AvgIpc) is 2.99. The lowest BCUT2D eigenvalue weighted by Gasteiger charge is -2.21. The first-order valence-corrected chi connectivity index (χ1v) is 9.78. The van der Waals surface area contributed by atoms with Gasteiger partial charge < -0.3 is 0 Å². The van der Waals surface area contributed by atoms with E-state index in [9.17, 15) is 0 Å². The van der Waals surface area contributed by atoms with Crippen molar-refractivity contribution >= 4 is 33.6 Å². The molecule has 25 heavy (non-hydrogen) atoms. The second-order valence-corrected chi connectivity index (χ2v) is 9.46. The minimum absolute atomic E-state index is 0.0785. The summed E-state index contributed by atoms with van der Waals surface area (Å²) in [5.74, 6) is 0. The SMILES string of the molecule is CC1(C)C=Cc2sc3c4c(ccc3c2C=C1)C(C)(C)c1ccccc1-4. The molecule has 0 bridgehead atoms. The summed E-state index contributed by atoms with van der Waals surface area (Å²) in [6.45, 7) is 9.22. The Kier molecular flexibility index (Phi) is 2.87. The third-order valence-corrected chi connectivity index (χ3v) is 7.02. The van der Waals surface area contributed by atoms with E-state index in [2.05, 4.69) is 88.4 Å². The van der Waals surface area contributed by atoms with Crippen molar-refractivity contribution < 1.29 is 0 Å². The number of hydrogen-bond acceptors (Lipinski definition) is 1. The normalized spacial score (nSPS) is 18.7. The highest BCUT2D eigenvalue weighted by Crippen LogP contribution is 2.53. The summed E-state index contributed by atoms with van der Waals surface area (Å²) >= 11 is 1.95. The molecule has 0 spiro atoms. The predicted molar refractivity (Wildman–Crippen MR) is 111 cm³/mol. The van der Waals surface area contributed by atoms with Gasteiger partial charge in [-0.15, -0.1) is 11.3 Å². The Labute approximate surface area is 153 Å². The minimum atomic E-state index is 0.0785. The van der Waals surface area contributed by atoms with Gasteiger partial charge in [-0.1, -0.05) is 82.3 Å². The quantitative estimate of drug-likeness (QED) is 0.403. The second-order valence-electron chi connectivity index (χ2n) is 8.40. The Balaban J connectivity index is 1.87. The highest BCUT2D eigenvalue weighted by molar-refractivity contribution is 7.20. The number of rotatable bonds is 0. The first kappa shape index (κ1) is 15.2. The molecule has 124 valence electrons. The molecule has 3 aromatic rings. The summed E-state index contributed by atoms with van der Waals surface area (Å²) in [6.07, 6.45) is 9.29. The fourth-order valence-corrected chi connectivity index (χ4v) is 5.57. The van der Waals surface area contributed by atoms with Gasteiger partial charge in [0.1, 0.15) is 0 Å². The summed E-state index contributed by atoms with van der Waals surface area (Å²) in [5.41, 5.74) is 7.37. The molecule has 5 rings (SSSR count). The van der Waals surface area contributed by atoms with Crippen LogP contribution in [0.1, 0.15) is 49.3 Å². The van der Waals surface area contributed by atoms with Crippen molar-refractivity contribution in [2.45, 2.75) is 33.1 Å². The lowest BCUT2D eigenvalue weighted by Crippen LogP contribution is -2.14. The number of allylic oxidation sites excluding steroid dienone is 2. The van der Waals surface area contributed by atoms with Gasteiger partial charge in [0.05, 0.1) is 0 Å². The maximum atomic E-state index is 2.36. The molecule has 0 unspecified atom stereocenters. The van der Waals surface area contributed by atoms with E-state index in [1.165, 1.54) is 42.8 Å². The average molecular weight is 343 g/mol. The van der Waals surface area contributed by atoms with E-state index >= 15 is 0 Å². The molecule has 0 saturated carbocycles. The molecule has 0 saturated heterocycles. The molecule has 0 radical (unpaired) electrons. The predicted octanol–water partition coefficient (Wildman–Crippen LogP) is 7.27. The first-order valence-electron chi connectivity index (χ1n) is 8.97. The lowest BCUT2D eigenvalue weighted by molar-refractivity contribution is 0.633. The van der Waals surface area contributed by atoms with Crippen LogP contribution >= 0.6 is 11.3 Å². The van der Waals surface area contributed by atoms with Gasteiger partial charge in [-0.3, -0.25) is 0 Å². The van der Waals surface area contributed by atoms with E-state index in [0.29, 0.717) is 0 Å². The van der Waals surface area contributed by atoms with Gasteiger partial charge in [0.15, 0.2) is 0 Å². The Morgan fingerprint density at radius 2 is 1.56 bits per heavy atom.